The molecule has 8 nitrogen and oxygen atoms in total. The van der Waals surface area contributed by atoms with Gasteiger partial charge in [0.05, 0.1) is 28.9 Å². The van der Waals surface area contributed by atoms with Gasteiger partial charge in [-0.05, 0) is 66.3 Å². The number of benzene rings is 5. The summed E-state index contributed by atoms with van der Waals surface area (Å²) >= 11 is 6.47. The SMILES string of the molecule is O=C1[C@@H]2C[C@@H]3C(=CC[C@@H]4C(=O)N(C5CCN(Cc6ccccc6)CC5)C(=O)[C@@H]43)[C@H](c3ccc4ccccc4c3O)[C@]2(c2ccccc2)C(=O)N1c1cccc(Cl)c1. The van der Waals surface area contributed by atoms with Crippen LogP contribution in [0.2, 0.25) is 5.02 Å². The van der Waals surface area contributed by atoms with E-state index in [0.717, 1.165) is 30.6 Å². The topological polar surface area (TPSA) is 98.2 Å². The fraction of sp³-hybridized carbons (Fsp3) is 0.292. The number of nitrogens with zero attached hydrogens (tertiary/aromatic N) is 3. The molecule has 0 unspecified atom stereocenters. The number of rotatable bonds is 6. The first-order chi connectivity index (χ1) is 27.8. The van der Waals surface area contributed by atoms with Crippen LogP contribution in [0.25, 0.3) is 10.8 Å². The average molecular weight is 776 g/mol. The Hall–Kier alpha value is -5.57. The lowest BCUT2D eigenvalue weighted by atomic mass is 9.49. The summed E-state index contributed by atoms with van der Waals surface area (Å²) in [5.41, 5.74) is 2.15. The number of hydrogen-bond donors (Lipinski definition) is 1. The van der Waals surface area contributed by atoms with Crippen LogP contribution in [-0.4, -0.2) is 57.7 Å². The summed E-state index contributed by atoms with van der Waals surface area (Å²) in [5.74, 6) is -4.51. The molecule has 5 aliphatic rings. The van der Waals surface area contributed by atoms with Crippen LogP contribution in [0.1, 0.15) is 48.3 Å². The zero-order valence-electron chi connectivity index (χ0n) is 31.3. The van der Waals surface area contributed by atoms with Crippen molar-refractivity contribution in [3.63, 3.8) is 0 Å². The van der Waals surface area contributed by atoms with Gasteiger partial charge < -0.3 is 5.11 Å². The summed E-state index contributed by atoms with van der Waals surface area (Å²) < 4.78 is 0. The molecule has 0 spiro atoms. The van der Waals surface area contributed by atoms with E-state index in [1.54, 1.807) is 29.2 Å². The van der Waals surface area contributed by atoms with Gasteiger partial charge in [0, 0.05) is 47.6 Å². The number of aromatic hydroxyl groups is 1. The number of fused-ring (bicyclic) bond motifs is 5. The minimum Gasteiger partial charge on any atom is -0.507 e. The van der Waals surface area contributed by atoms with Crippen molar-refractivity contribution in [3.8, 4) is 5.75 Å². The molecule has 4 amide bonds. The lowest BCUT2D eigenvalue weighted by Crippen LogP contribution is -2.53. The lowest BCUT2D eigenvalue weighted by molar-refractivity contribution is -0.144. The highest BCUT2D eigenvalue weighted by atomic mass is 35.5. The first kappa shape index (κ1) is 35.8. The second-order valence-electron chi connectivity index (χ2n) is 16.4. The summed E-state index contributed by atoms with van der Waals surface area (Å²) in [5, 5.41) is 14.1. The molecule has 1 N–H and O–H groups in total. The molecule has 57 heavy (non-hydrogen) atoms. The summed E-state index contributed by atoms with van der Waals surface area (Å²) in [6.07, 6.45) is 4.00. The van der Waals surface area contributed by atoms with Crippen LogP contribution in [0.4, 0.5) is 5.69 Å². The van der Waals surface area contributed by atoms with Crippen molar-refractivity contribution in [1.82, 2.24) is 9.80 Å². The maximum Gasteiger partial charge on any atom is 0.246 e. The number of imide groups is 2. The van der Waals surface area contributed by atoms with E-state index in [1.807, 2.05) is 84.9 Å². The minimum atomic E-state index is -1.47. The predicted octanol–water partition coefficient (Wildman–Crippen LogP) is 8.03. The highest BCUT2D eigenvalue weighted by molar-refractivity contribution is 6.32. The van der Waals surface area contributed by atoms with Crippen LogP contribution >= 0.6 is 11.6 Å². The maximum absolute atomic E-state index is 15.6. The van der Waals surface area contributed by atoms with Gasteiger partial charge in [-0.15, -0.1) is 0 Å². The fourth-order valence-corrected chi connectivity index (χ4v) is 11.3. The Kier molecular flexibility index (Phi) is 8.68. The van der Waals surface area contributed by atoms with Crippen molar-refractivity contribution < 1.29 is 24.3 Å². The number of halogens is 1. The normalized spacial score (nSPS) is 27.7. The summed E-state index contributed by atoms with van der Waals surface area (Å²) in [7, 11) is 0. The molecule has 1 saturated carbocycles. The number of hydrogen-bond acceptors (Lipinski definition) is 6. The molecule has 6 atom stereocenters. The largest absolute Gasteiger partial charge is 0.507 e. The molecule has 3 aliphatic heterocycles. The molecule has 0 radical (unpaired) electrons. The zero-order valence-corrected chi connectivity index (χ0v) is 32.1. The van der Waals surface area contributed by atoms with Crippen LogP contribution < -0.4 is 4.90 Å². The van der Waals surface area contributed by atoms with Crippen molar-refractivity contribution in [2.45, 2.75) is 49.6 Å². The van der Waals surface area contributed by atoms with Crippen LogP contribution in [0.15, 0.2) is 133 Å². The number of anilines is 1. The van der Waals surface area contributed by atoms with E-state index in [2.05, 4.69) is 23.1 Å². The van der Waals surface area contributed by atoms with Gasteiger partial charge in [0.2, 0.25) is 23.6 Å². The van der Waals surface area contributed by atoms with Crippen molar-refractivity contribution >= 4 is 51.7 Å². The highest BCUT2D eigenvalue weighted by Crippen LogP contribution is 2.65. The second-order valence-corrected chi connectivity index (χ2v) is 16.8. The van der Waals surface area contributed by atoms with Crippen molar-refractivity contribution in [2.24, 2.45) is 23.7 Å². The number of likely N-dealkylation sites (tertiary alicyclic amines) is 2. The Labute approximate surface area is 336 Å². The van der Waals surface area contributed by atoms with Gasteiger partial charge in [-0.25, -0.2) is 4.90 Å². The number of phenolic OH excluding ortho intramolecular Hbond substituents is 1. The van der Waals surface area contributed by atoms with Gasteiger partial charge in [0.25, 0.3) is 0 Å². The Balaban J connectivity index is 1.09. The number of carbonyl (C=O) groups is 4. The first-order valence-corrected chi connectivity index (χ1v) is 20.4. The Bertz CT molecular complexity index is 2480. The van der Waals surface area contributed by atoms with Crippen molar-refractivity contribution in [2.75, 3.05) is 18.0 Å². The van der Waals surface area contributed by atoms with E-state index in [-0.39, 0.29) is 35.9 Å². The Morgan fingerprint density at radius 1 is 0.737 bits per heavy atom. The smallest absolute Gasteiger partial charge is 0.246 e. The standard InChI is InChI=1S/C48H42ClN3O5/c49-32-15-9-16-34(26-32)52-45(55)40-27-39-36(20-21-37-41(39)46(56)51(44(37)54)33-22-24-50(25-23-33)28-29-10-3-1-4-11-29)42(48(40,47(52)57)31-13-5-2-6-14-31)38-19-18-30-12-7-8-17-35(30)43(38)53/h1-20,26,33,37,39-42,53H,21-25,27-28H2/t37-,39+,40-,41-,42+,48+/m0/s1. The summed E-state index contributed by atoms with van der Waals surface area (Å²) in [4.78, 5) is 65.2. The van der Waals surface area contributed by atoms with E-state index < -0.39 is 40.9 Å². The monoisotopic (exact) mass is 775 g/mol. The van der Waals surface area contributed by atoms with E-state index in [0.29, 0.717) is 46.5 Å². The molecule has 10 rings (SSSR count). The number of phenols is 1. The lowest BCUT2D eigenvalue weighted by Gasteiger charge is -2.50. The molecule has 4 fully saturated rings. The first-order valence-electron chi connectivity index (χ1n) is 20.0. The third-order valence-corrected chi connectivity index (χ3v) is 13.9. The predicted molar refractivity (Wildman–Crippen MR) is 218 cm³/mol. The molecule has 0 bridgehead atoms. The molecule has 3 saturated heterocycles. The van der Waals surface area contributed by atoms with E-state index in [9.17, 15) is 14.7 Å². The molecule has 286 valence electrons. The van der Waals surface area contributed by atoms with E-state index in [1.165, 1.54) is 10.5 Å². The van der Waals surface area contributed by atoms with Crippen LogP contribution in [-0.2, 0) is 31.1 Å². The van der Waals surface area contributed by atoms with Gasteiger partial charge >= 0.3 is 0 Å². The van der Waals surface area contributed by atoms with E-state index >= 15 is 9.59 Å². The van der Waals surface area contributed by atoms with Crippen molar-refractivity contribution in [1.29, 1.82) is 0 Å². The molecule has 5 aromatic carbocycles. The van der Waals surface area contributed by atoms with Gasteiger partial charge in [-0.3, -0.25) is 29.0 Å². The maximum atomic E-state index is 15.6. The highest BCUT2D eigenvalue weighted by Gasteiger charge is 2.70. The molecular weight excluding hydrogens is 734 g/mol. The summed E-state index contributed by atoms with van der Waals surface area (Å²) in [6, 6.07) is 37.7. The molecule has 2 aliphatic carbocycles. The molecular formula is C48H42ClN3O5. The zero-order chi connectivity index (χ0) is 39.0. The average Bonchev–Trinajstić information content (AvgIpc) is 3.63. The second kappa shape index (κ2) is 13.8. The van der Waals surface area contributed by atoms with Gasteiger partial charge in [-0.1, -0.05) is 126 Å². The fourth-order valence-electron chi connectivity index (χ4n) is 11.2. The van der Waals surface area contributed by atoms with Crippen LogP contribution in [0, 0.1) is 23.7 Å². The third-order valence-electron chi connectivity index (χ3n) is 13.6. The number of amides is 4. The minimum absolute atomic E-state index is 0.0370. The number of allylic oxidation sites excluding steroid dienone is 2. The quantitative estimate of drug-likeness (QED) is 0.139. The summed E-state index contributed by atoms with van der Waals surface area (Å²) in [6.45, 7) is 2.38. The van der Waals surface area contributed by atoms with Crippen LogP contribution in [0.5, 0.6) is 5.75 Å². The van der Waals surface area contributed by atoms with Crippen LogP contribution in [0.3, 0.4) is 0 Å². The molecule has 3 heterocycles. The van der Waals surface area contributed by atoms with Gasteiger partial charge in [0.1, 0.15) is 5.75 Å². The van der Waals surface area contributed by atoms with Crippen molar-refractivity contribution in [3.05, 3.63) is 155 Å². The molecule has 9 heteroatoms. The Morgan fingerprint density at radius 2 is 1.46 bits per heavy atom. The molecule has 5 aromatic rings. The van der Waals surface area contributed by atoms with Gasteiger partial charge in [0.15, 0.2) is 0 Å². The Morgan fingerprint density at radius 3 is 2.21 bits per heavy atom. The number of piperidine rings is 1. The van der Waals surface area contributed by atoms with E-state index in [4.69, 9.17) is 11.6 Å². The van der Waals surface area contributed by atoms with Gasteiger partial charge in [-0.2, -0.15) is 0 Å². The molecule has 0 aromatic heterocycles. The number of carbonyl (C=O) groups excluding carboxylic acids is 4. The third kappa shape index (κ3) is 5.44.